The molecule has 0 aliphatic heterocycles. The van der Waals surface area contributed by atoms with Crippen LogP contribution < -0.4 is 0 Å². The summed E-state index contributed by atoms with van der Waals surface area (Å²) in [5, 5.41) is 0. The lowest BCUT2D eigenvalue weighted by molar-refractivity contribution is -0.129. The maximum absolute atomic E-state index is 9.54. The minimum Gasteiger partial charge on any atom is -0.384 e. The van der Waals surface area contributed by atoms with Crippen LogP contribution in [-0.2, 0) is 8.62 Å². The normalized spacial score (nSPS) is 7.11. The Morgan fingerprint density at radius 2 is 1.67 bits per heavy atom. The smallest absolute Gasteiger partial charge is 0.314 e. The molecule has 9 heavy (non-hydrogen) atoms. The standard InChI is InChI=1S/C4H10.C2H3BrO2/c1-3-4-2;1-2(4)5-3/h3-4H2,1-2H3;1H3. The molecule has 0 unspecified atom stereocenters. The van der Waals surface area contributed by atoms with Crippen molar-refractivity contribution in [1.29, 1.82) is 0 Å². The zero-order chi connectivity index (χ0) is 7.70. The van der Waals surface area contributed by atoms with Crippen molar-refractivity contribution in [2.45, 2.75) is 33.6 Å². The van der Waals surface area contributed by atoms with E-state index in [1.165, 1.54) is 19.8 Å². The van der Waals surface area contributed by atoms with Crippen molar-refractivity contribution in [1.82, 2.24) is 0 Å². The summed E-state index contributed by atoms with van der Waals surface area (Å²) in [6.07, 6.45) is 2.64. The zero-order valence-electron chi connectivity index (χ0n) is 6.11. The predicted octanol–water partition coefficient (Wildman–Crippen LogP) is 2.67. The van der Waals surface area contributed by atoms with Crippen LogP contribution in [0.2, 0.25) is 0 Å². The van der Waals surface area contributed by atoms with Crippen molar-refractivity contribution >= 4 is 22.2 Å². The number of hydrogen-bond donors (Lipinski definition) is 0. The molecule has 2 nitrogen and oxygen atoms in total. The zero-order valence-corrected chi connectivity index (χ0v) is 7.69. The summed E-state index contributed by atoms with van der Waals surface area (Å²) in [5.41, 5.74) is 0. The summed E-state index contributed by atoms with van der Waals surface area (Å²) < 4.78 is 3.92. The van der Waals surface area contributed by atoms with Crippen molar-refractivity contribution in [3.8, 4) is 0 Å². The van der Waals surface area contributed by atoms with Crippen LogP contribution >= 0.6 is 16.3 Å². The van der Waals surface area contributed by atoms with Crippen LogP contribution in [0.1, 0.15) is 33.6 Å². The number of halogens is 1. The van der Waals surface area contributed by atoms with Crippen LogP contribution in [0.5, 0.6) is 0 Å². The molecule has 0 fully saturated rings. The van der Waals surface area contributed by atoms with E-state index in [-0.39, 0.29) is 5.97 Å². The fourth-order valence-electron chi connectivity index (χ4n) is 0. The molecule has 0 saturated carbocycles. The van der Waals surface area contributed by atoms with Gasteiger partial charge in [0, 0.05) is 6.92 Å². The molecule has 0 aromatic heterocycles. The Labute approximate surface area is 65.0 Å². The number of rotatable bonds is 1. The molecule has 0 radical (unpaired) electrons. The Balaban J connectivity index is 0. The number of hydrogen-bond acceptors (Lipinski definition) is 2. The highest BCUT2D eigenvalue weighted by atomic mass is 79.9. The summed E-state index contributed by atoms with van der Waals surface area (Å²) in [6, 6.07) is 0. The lowest BCUT2D eigenvalue weighted by Gasteiger charge is -1.75. The van der Waals surface area contributed by atoms with E-state index in [0.717, 1.165) is 0 Å². The van der Waals surface area contributed by atoms with E-state index in [2.05, 4.69) is 33.9 Å². The van der Waals surface area contributed by atoms with Gasteiger partial charge in [-0.05, 0) is 0 Å². The van der Waals surface area contributed by atoms with Gasteiger partial charge < -0.3 is 3.83 Å². The van der Waals surface area contributed by atoms with Gasteiger partial charge in [-0.15, -0.1) is 0 Å². The van der Waals surface area contributed by atoms with Gasteiger partial charge in [-0.25, -0.2) is 0 Å². The van der Waals surface area contributed by atoms with E-state index < -0.39 is 0 Å². The van der Waals surface area contributed by atoms with Gasteiger partial charge in [0.1, 0.15) is 0 Å². The van der Waals surface area contributed by atoms with Crippen molar-refractivity contribution in [3.63, 3.8) is 0 Å². The van der Waals surface area contributed by atoms with Gasteiger partial charge >= 0.3 is 5.97 Å². The average molecular weight is 197 g/mol. The Kier molecular flexibility index (Phi) is 14.1. The Morgan fingerprint density at radius 3 is 1.67 bits per heavy atom. The third-order valence-electron chi connectivity index (χ3n) is 0.609. The summed E-state index contributed by atoms with van der Waals surface area (Å²) in [4.78, 5) is 9.54. The second-order valence-electron chi connectivity index (χ2n) is 1.57. The van der Waals surface area contributed by atoms with Crippen LogP contribution in [0.4, 0.5) is 0 Å². The van der Waals surface area contributed by atoms with Crippen LogP contribution in [0.3, 0.4) is 0 Å². The second kappa shape index (κ2) is 10.8. The first-order valence-electron chi connectivity index (χ1n) is 2.98. The lowest BCUT2D eigenvalue weighted by atomic mass is 10.4. The fourth-order valence-corrected chi connectivity index (χ4v) is 0. The molecular formula is C6H13BrO2. The quantitative estimate of drug-likeness (QED) is 0.645. The summed E-state index contributed by atoms with van der Waals surface area (Å²) >= 11 is 2.46. The SMILES string of the molecule is CC(=O)OBr.CCCC. The van der Waals surface area contributed by atoms with E-state index in [4.69, 9.17) is 0 Å². The lowest BCUT2D eigenvalue weighted by Crippen LogP contribution is -1.82. The van der Waals surface area contributed by atoms with Gasteiger partial charge in [0.15, 0.2) is 16.3 Å². The molecule has 0 N–H and O–H groups in total. The molecule has 0 heterocycles. The molecule has 0 aromatic carbocycles. The van der Waals surface area contributed by atoms with E-state index in [9.17, 15) is 4.79 Å². The topological polar surface area (TPSA) is 26.3 Å². The van der Waals surface area contributed by atoms with E-state index in [1.54, 1.807) is 0 Å². The van der Waals surface area contributed by atoms with E-state index in [0.29, 0.717) is 0 Å². The summed E-state index contributed by atoms with van der Waals surface area (Å²) in [5.74, 6) is -0.329. The highest BCUT2D eigenvalue weighted by Crippen LogP contribution is 1.80. The number of carbonyl (C=O) groups excluding carboxylic acids is 1. The first-order chi connectivity index (χ1) is 4.18. The maximum Gasteiger partial charge on any atom is 0.314 e. The highest BCUT2D eigenvalue weighted by molar-refractivity contribution is 9.06. The minimum absolute atomic E-state index is 0.329. The fraction of sp³-hybridized carbons (Fsp3) is 0.833. The average Bonchev–Trinajstić information content (AvgIpc) is 1.89. The van der Waals surface area contributed by atoms with E-state index >= 15 is 0 Å². The Bertz CT molecular complexity index is 62.1. The molecule has 0 aromatic rings. The van der Waals surface area contributed by atoms with Crippen LogP contribution in [-0.4, -0.2) is 5.97 Å². The highest BCUT2D eigenvalue weighted by Gasteiger charge is 1.78. The largest absolute Gasteiger partial charge is 0.384 e. The van der Waals surface area contributed by atoms with Crippen molar-refractivity contribution in [3.05, 3.63) is 0 Å². The van der Waals surface area contributed by atoms with Gasteiger partial charge in [-0.3, -0.25) is 4.79 Å². The molecule has 56 valence electrons. The van der Waals surface area contributed by atoms with Crippen LogP contribution in [0, 0.1) is 0 Å². The number of unbranched alkanes of at least 4 members (excludes halogenated alkanes) is 1. The van der Waals surface area contributed by atoms with Gasteiger partial charge in [-0.2, -0.15) is 0 Å². The molecule has 0 rings (SSSR count). The second-order valence-corrected chi connectivity index (χ2v) is 1.89. The molecule has 0 spiro atoms. The monoisotopic (exact) mass is 196 g/mol. The van der Waals surface area contributed by atoms with Gasteiger partial charge in [0.05, 0.1) is 0 Å². The molecule has 0 saturated heterocycles. The molecular weight excluding hydrogens is 184 g/mol. The Hall–Kier alpha value is -0.0500. The first kappa shape index (κ1) is 11.7. The third-order valence-corrected chi connectivity index (χ3v) is 1.06. The van der Waals surface area contributed by atoms with Gasteiger partial charge in [0.25, 0.3) is 0 Å². The summed E-state index contributed by atoms with van der Waals surface area (Å²) in [7, 11) is 0. The molecule has 0 bridgehead atoms. The molecule has 3 heteroatoms. The van der Waals surface area contributed by atoms with E-state index in [1.807, 2.05) is 0 Å². The van der Waals surface area contributed by atoms with Gasteiger partial charge in [0.2, 0.25) is 0 Å². The van der Waals surface area contributed by atoms with Crippen molar-refractivity contribution < 1.29 is 8.62 Å². The summed E-state index contributed by atoms with van der Waals surface area (Å²) in [6.45, 7) is 5.68. The first-order valence-corrected chi connectivity index (χ1v) is 3.62. The minimum atomic E-state index is -0.329. The molecule has 0 aliphatic rings. The van der Waals surface area contributed by atoms with Crippen LogP contribution in [0.25, 0.3) is 0 Å². The maximum atomic E-state index is 9.54. The van der Waals surface area contributed by atoms with Gasteiger partial charge in [-0.1, -0.05) is 26.7 Å². The predicted molar refractivity (Wildman–Crippen MR) is 41.3 cm³/mol. The third kappa shape index (κ3) is 32.3. The molecule has 0 aliphatic carbocycles. The Morgan fingerprint density at radius 1 is 1.44 bits per heavy atom. The van der Waals surface area contributed by atoms with Crippen molar-refractivity contribution in [2.75, 3.05) is 0 Å². The molecule has 0 atom stereocenters. The number of carbonyl (C=O) groups is 1. The van der Waals surface area contributed by atoms with Crippen molar-refractivity contribution in [2.24, 2.45) is 0 Å². The molecule has 0 amide bonds. The van der Waals surface area contributed by atoms with Crippen LogP contribution in [0.15, 0.2) is 0 Å².